The minimum atomic E-state index is -0.128. The highest BCUT2D eigenvalue weighted by Gasteiger charge is 2.41. The lowest BCUT2D eigenvalue weighted by Crippen LogP contribution is -2.42. The number of fused-ring (bicyclic) bond motifs is 4. The highest BCUT2D eigenvalue weighted by atomic mass is 16.5. The number of piperidine rings is 1. The molecule has 8 nitrogen and oxygen atoms in total. The third-order valence-electron chi connectivity index (χ3n) is 7.68. The van der Waals surface area contributed by atoms with Gasteiger partial charge >= 0.3 is 0 Å². The molecule has 1 unspecified atom stereocenters. The van der Waals surface area contributed by atoms with Gasteiger partial charge in [-0.3, -0.25) is 4.98 Å². The van der Waals surface area contributed by atoms with Gasteiger partial charge in [0.05, 0.1) is 17.4 Å². The summed E-state index contributed by atoms with van der Waals surface area (Å²) in [5.74, 6) is 0.702. The van der Waals surface area contributed by atoms with E-state index in [0.717, 1.165) is 53.7 Å². The van der Waals surface area contributed by atoms with Crippen LogP contribution in [0.5, 0.6) is 0 Å². The Hall–Kier alpha value is -3.75. The summed E-state index contributed by atoms with van der Waals surface area (Å²) < 4.78 is 0. The number of hydroxylamine groups is 2. The number of nitrogens with zero attached hydrogens (tertiary/aromatic N) is 6. The fraction of sp³-hybridized carbons (Fsp3) is 0.296. The molecule has 35 heavy (non-hydrogen) atoms. The number of aromatic nitrogens is 3. The number of pyridine rings is 1. The molecule has 1 atom stereocenters. The van der Waals surface area contributed by atoms with Crippen LogP contribution in [-0.2, 0) is 11.8 Å². The number of hydrogen-bond donors (Lipinski definition) is 2. The van der Waals surface area contributed by atoms with Crippen molar-refractivity contribution in [3.63, 3.8) is 0 Å². The first-order valence-electron chi connectivity index (χ1n) is 12.1. The van der Waals surface area contributed by atoms with E-state index in [1.54, 1.807) is 6.20 Å². The van der Waals surface area contributed by atoms with E-state index >= 15 is 0 Å². The average Bonchev–Trinajstić information content (AvgIpc) is 3.46. The molecule has 1 saturated heterocycles. The molecule has 0 amide bonds. The Labute approximate surface area is 202 Å². The van der Waals surface area contributed by atoms with Crippen molar-refractivity contribution in [2.75, 3.05) is 25.0 Å². The van der Waals surface area contributed by atoms with Crippen molar-refractivity contribution in [2.45, 2.75) is 30.7 Å². The van der Waals surface area contributed by atoms with Crippen LogP contribution in [-0.4, -0.2) is 44.9 Å². The zero-order chi connectivity index (χ0) is 23.4. The topological polar surface area (TPSA) is 98.9 Å². The molecule has 0 saturated carbocycles. The van der Waals surface area contributed by atoms with Crippen LogP contribution in [0.2, 0.25) is 0 Å². The Bertz CT molecular complexity index is 1480. The Morgan fingerprint density at radius 1 is 1.06 bits per heavy atom. The molecule has 1 fully saturated rings. The minimum absolute atomic E-state index is 0.0550. The van der Waals surface area contributed by atoms with E-state index in [0.29, 0.717) is 18.9 Å². The second kappa shape index (κ2) is 7.90. The Morgan fingerprint density at radius 3 is 2.89 bits per heavy atom. The van der Waals surface area contributed by atoms with E-state index in [1.165, 1.54) is 21.9 Å². The maximum absolute atomic E-state index is 9.88. The van der Waals surface area contributed by atoms with E-state index in [2.05, 4.69) is 68.0 Å². The van der Waals surface area contributed by atoms with Crippen molar-refractivity contribution in [2.24, 2.45) is 10.2 Å². The van der Waals surface area contributed by atoms with Gasteiger partial charge in [0.15, 0.2) is 5.82 Å². The molecular weight excluding hydrogens is 438 g/mol. The van der Waals surface area contributed by atoms with Crippen molar-refractivity contribution in [1.29, 1.82) is 0 Å². The molecule has 2 N–H and O–H groups in total. The van der Waals surface area contributed by atoms with Gasteiger partial charge in [0.1, 0.15) is 11.7 Å². The van der Waals surface area contributed by atoms with Crippen LogP contribution in [0.1, 0.15) is 35.7 Å². The first-order valence-corrected chi connectivity index (χ1v) is 12.1. The van der Waals surface area contributed by atoms with E-state index < -0.39 is 0 Å². The van der Waals surface area contributed by atoms with Gasteiger partial charge in [-0.1, -0.05) is 12.1 Å². The van der Waals surface area contributed by atoms with Crippen molar-refractivity contribution in [3.05, 3.63) is 77.7 Å². The number of rotatable bonds is 3. The van der Waals surface area contributed by atoms with Crippen LogP contribution in [0.25, 0.3) is 22.3 Å². The van der Waals surface area contributed by atoms with Gasteiger partial charge in [-0.05, 0) is 60.4 Å². The molecule has 3 aliphatic rings. The molecule has 5 heterocycles. The summed E-state index contributed by atoms with van der Waals surface area (Å²) in [7, 11) is 0. The van der Waals surface area contributed by atoms with Crippen LogP contribution in [0.15, 0.2) is 71.2 Å². The largest absolute Gasteiger partial charge is 0.384 e. The zero-order valence-corrected chi connectivity index (χ0v) is 19.2. The monoisotopic (exact) mass is 463 g/mol. The SMILES string of the molecule is ON1CCC2(CC1)CNc1ccc(-c3ncc4c(n3)C(Cc3ccc5ncccc5c3)N=N4)cc12. The van der Waals surface area contributed by atoms with Crippen LogP contribution >= 0.6 is 0 Å². The number of anilines is 1. The summed E-state index contributed by atoms with van der Waals surface area (Å²) in [6, 6.07) is 16.7. The highest BCUT2D eigenvalue weighted by molar-refractivity contribution is 5.79. The molecule has 174 valence electrons. The lowest BCUT2D eigenvalue weighted by atomic mass is 9.74. The zero-order valence-electron chi connectivity index (χ0n) is 19.2. The first-order chi connectivity index (χ1) is 17.2. The lowest BCUT2D eigenvalue weighted by molar-refractivity contribution is -0.114. The molecule has 1 spiro atoms. The van der Waals surface area contributed by atoms with Crippen LogP contribution in [0, 0.1) is 0 Å². The van der Waals surface area contributed by atoms with E-state index in [-0.39, 0.29) is 11.5 Å². The number of azo groups is 1. The van der Waals surface area contributed by atoms with Crippen molar-refractivity contribution in [1.82, 2.24) is 20.0 Å². The molecule has 7 rings (SSSR count). The highest BCUT2D eigenvalue weighted by Crippen LogP contribution is 2.45. The summed E-state index contributed by atoms with van der Waals surface area (Å²) in [5.41, 5.74) is 7.34. The fourth-order valence-electron chi connectivity index (χ4n) is 5.65. The smallest absolute Gasteiger partial charge is 0.159 e. The van der Waals surface area contributed by atoms with Gasteiger partial charge in [-0.15, -0.1) is 0 Å². The number of benzene rings is 2. The van der Waals surface area contributed by atoms with Crippen LogP contribution < -0.4 is 5.32 Å². The van der Waals surface area contributed by atoms with Gasteiger partial charge in [0, 0.05) is 54.3 Å². The second-order valence-corrected chi connectivity index (χ2v) is 9.78. The van der Waals surface area contributed by atoms with Gasteiger partial charge < -0.3 is 10.5 Å². The van der Waals surface area contributed by atoms with Crippen molar-refractivity contribution >= 4 is 22.3 Å². The third-order valence-corrected chi connectivity index (χ3v) is 7.68. The minimum Gasteiger partial charge on any atom is -0.384 e. The second-order valence-electron chi connectivity index (χ2n) is 9.78. The number of nitrogens with one attached hydrogen (secondary N) is 1. The van der Waals surface area contributed by atoms with Crippen LogP contribution in [0.3, 0.4) is 0 Å². The molecule has 0 bridgehead atoms. The summed E-state index contributed by atoms with van der Waals surface area (Å²) in [6.45, 7) is 2.29. The summed E-state index contributed by atoms with van der Waals surface area (Å²) in [5, 5.41) is 24.9. The Morgan fingerprint density at radius 2 is 1.97 bits per heavy atom. The summed E-state index contributed by atoms with van der Waals surface area (Å²) >= 11 is 0. The van der Waals surface area contributed by atoms with Gasteiger partial charge in [0.2, 0.25) is 0 Å². The predicted octanol–water partition coefficient (Wildman–Crippen LogP) is 5.22. The average molecular weight is 464 g/mol. The van der Waals surface area contributed by atoms with Crippen molar-refractivity contribution in [3.8, 4) is 11.4 Å². The van der Waals surface area contributed by atoms with E-state index in [9.17, 15) is 5.21 Å². The van der Waals surface area contributed by atoms with E-state index in [1.807, 2.05) is 12.3 Å². The maximum atomic E-state index is 9.88. The quantitative estimate of drug-likeness (QED) is 0.432. The normalized spacial score (nSPS) is 20.2. The fourth-order valence-corrected chi connectivity index (χ4v) is 5.65. The molecule has 3 aliphatic heterocycles. The molecule has 8 heteroatoms. The molecule has 0 aliphatic carbocycles. The standard InChI is InChI=1S/C27H25N7O/c35-34-10-7-27(8-11-34)16-30-22-6-4-19(14-20(22)27)26-29-15-24-25(31-26)23(32-33-24)13-17-3-5-21-18(12-17)2-1-9-28-21/h1-6,9,12,14-15,23,30,35H,7-8,10-11,13,16H2. The molecular formula is C27H25N7O. The van der Waals surface area contributed by atoms with Gasteiger partial charge in [0.25, 0.3) is 0 Å². The molecule has 4 aromatic rings. The molecule has 2 aromatic heterocycles. The Balaban J connectivity index is 1.19. The van der Waals surface area contributed by atoms with E-state index in [4.69, 9.17) is 4.98 Å². The van der Waals surface area contributed by atoms with Gasteiger partial charge in [-0.25, -0.2) is 9.97 Å². The first kappa shape index (κ1) is 20.6. The number of hydrogen-bond acceptors (Lipinski definition) is 8. The lowest BCUT2D eigenvalue weighted by Gasteiger charge is -2.36. The maximum Gasteiger partial charge on any atom is 0.159 e. The summed E-state index contributed by atoms with van der Waals surface area (Å²) in [4.78, 5) is 14.0. The van der Waals surface area contributed by atoms with Gasteiger partial charge in [-0.2, -0.15) is 15.3 Å². The van der Waals surface area contributed by atoms with Crippen molar-refractivity contribution < 1.29 is 5.21 Å². The third kappa shape index (κ3) is 3.48. The van der Waals surface area contributed by atoms with Crippen LogP contribution in [0.4, 0.5) is 11.4 Å². The summed E-state index contributed by atoms with van der Waals surface area (Å²) in [6.07, 6.45) is 6.19. The predicted molar refractivity (Wildman–Crippen MR) is 133 cm³/mol. The molecule has 2 aromatic carbocycles. The Kier molecular flexibility index (Phi) is 4.65. The molecule has 0 radical (unpaired) electrons.